The molecule has 0 N–H and O–H groups in total. The van der Waals surface area contributed by atoms with Crippen molar-refractivity contribution in [3.8, 4) is 5.75 Å². The van der Waals surface area contributed by atoms with Crippen LogP contribution in [-0.4, -0.2) is 29.7 Å². The second kappa shape index (κ2) is 8.59. The Balaban J connectivity index is 1.84. The van der Waals surface area contributed by atoms with Gasteiger partial charge in [0, 0.05) is 0 Å². The van der Waals surface area contributed by atoms with Gasteiger partial charge in [-0.15, -0.1) is 0 Å². The van der Waals surface area contributed by atoms with Gasteiger partial charge in [0.2, 0.25) is 0 Å². The number of ether oxygens (including phenoxy) is 2. The van der Waals surface area contributed by atoms with Crippen LogP contribution in [0.2, 0.25) is 0 Å². The van der Waals surface area contributed by atoms with E-state index in [1.165, 1.54) is 35.6 Å². The van der Waals surface area contributed by atoms with Gasteiger partial charge in [-0.3, -0.25) is 9.59 Å². The highest BCUT2D eigenvalue weighted by atomic mass is 32.1. The van der Waals surface area contributed by atoms with Crippen LogP contribution in [0.5, 0.6) is 5.75 Å². The van der Waals surface area contributed by atoms with Crippen molar-refractivity contribution in [2.75, 3.05) is 13.2 Å². The molecule has 3 aromatic rings. The fourth-order valence-electron chi connectivity index (χ4n) is 2.41. The molecule has 0 saturated heterocycles. The Kier molecular flexibility index (Phi) is 5.97. The fraction of sp³-hybridized carbons (Fsp3) is 0.211. The van der Waals surface area contributed by atoms with Gasteiger partial charge in [0.05, 0.1) is 16.8 Å². The van der Waals surface area contributed by atoms with E-state index in [4.69, 9.17) is 9.47 Å². The van der Waals surface area contributed by atoms with Crippen LogP contribution < -0.4 is 9.54 Å². The summed E-state index contributed by atoms with van der Waals surface area (Å²) < 4.78 is 25.8. The fourth-order valence-corrected chi connectivity index (χ4v) is 3.46. The van der Waals surface area contributed by atoms with Crippen molar-refractivity contribution in [2.45, 2.75) is 13.5 Å². The first-order valence-corrected chi connectivity index (χ1v) is 9.08. The highest BCUT2D eigenvalue weighted by Crippen LogP contribution is 2.17. The first kappa shape index (κ1) is 18.8. The molecular formula is C19H17FN2O4S. The second-order valence-corrected chi connectivity index (χ2v) is 6.50. The molecule has 0 spiro atoms. The maximum absolute atomic E-state index is 12.9. The molecule has 0 aliphatic carbocycles. The summed E-state index contributed by atoms with van der Waals surface area (Å²) in [6, 6.07) is 12.8. The topological polar surface area (TPSA) is 69.9 Å². The van der Waals surface area contributed by atoms with Crippen LogP contribution in [0.3, 0.4) is 0 Å². The number of aromatic nitrogens is 1. The van der Waals surface area contributed by atoms with Gasteiger partial charge in [-0.05, 0) is 43.3 Å². The number of hydrogen-bond acceptors (Lipinski definition) is 5. The van der Waals surface area contributed by atoms with Crippen molar-refractivity contribution in [3.63, 3.8) is 0 Å². The lowest BCUT2D eigenvalue weighted by atomic mass is 10.3. The minimum atomic E-state index is -0.511. The lowest BCUT2D eigenvalue weighted by molar-refractivity contribution is -0.143. The summed E-state index contributed by atoms with van der Waals surface area (Å²) in [6.45, 7) is 1.68. The van der Waals surface area contributed by atoms with Crippen molar-refractivity contribution < 1.29 is 23.5 Å². The Labute approximate surface area is 158 Å². The van der Waals surface area contributed by atoms with Gasteiger partial charge in [0.25, 0.3) is 5.91 Å². The number of benzene rings is 2. The largest absolute Gasteiger partial charge is 0.484 e. The summed E-state index contributed by atoms with van der Waals surface area (Å²) in [4.78, 5) is 28.6. The van der Waals surface area contributed by atoms with E-state index in [9.17, 15) is 14.0 Å². The average Bonchev–Trinajstić information content (AvgIpc) is 2.98. The summed E-state index contributed by atoms with van der Waals surface area (Å²) in [5.41, 5.74) is 0.793. The number of thiazole rings is 1. The molecule has 27 heavy (non-hydrogen) atoms. The van der Waals surface area contributed by atoms with Gasteiger partial charge in [-0.2, -0.15) is 4.99 Å². The third-order valence-corrected chi connectivity index (χ3v) is 4.64. The summed E-state index contributed by atoms with van der Waals surface area (Å²) in [5.74, 6) is -0.930. The van der Waals surface area contributed by atoms with Crippen LogP contribution in [0.4, 0.5) is 4.39 Å². The summed E-state index contributed by atoms with van der Waals surface area (Å²) in [6.07, 6.45) is 0. The molecule has 140 valence electrons. The molecule has 8 heteroatoms. The molecule has 0 aliphatic heterocycles. The van der Waals surface area contributed by atoms with Gasteiger partial charge < -0.3 is 14.0 Å². The number of halogens is 1. The van der Waals surface area contributed by atoms with Crippen LogP contribution in [0.15, 0.2) is 53.5 Å². The number of fused-ring (bicyclic) bond motifs is 1. The van der Waals surface area contributed by atoms with E-state index in [0.717, 1.165) is 10.2 Å². The Morgan fingerprint density at radius 1 is 1.15 bits per heavy atom. The van der Waals surface area contributed by atoms with Crippen LogP contribution in [0, 0.1) is 5.82 Å². The SMILES string of the molecule is CCOC(=O)Cn1c(=NC(=O)COc2ccc(F)cc2)sc2ccccc21. The lowest BCUT2D eigenvalue weighted by Crippen LogP contribution is -2.24. The van der Waals surface area contributed by atoms with Gasteiger partial charge in [-0.25, -0.2) is 4.39 Å². The van der Waals surface area contributed by atoms with Gasteiger partial charge >= 0.3 is 5.97 Å². The molecule has 6 nitrogen and oxygen atoms in total. The molecule has 0 saturated carbocycles. The molecule has 1 aromatic heterocycles. The van der Waals surface area contributed by atoms with Crippen molar-refractivity contribution in [1.82, 2.24) is 4.57 Å². The van der Waals surface area contributed by atoms with E-state index in [0.29, 0.717) is 10.6 Å². The predicted molar refractivity (Wildman–Crippen MR) is 98.9 cm³/mol. The highest BCUT2D eigenvalue weighted by Gasteiger charge is 2.12. The minimum Gasteiger partial charge on any atom is -0.484 e. The molecule has 0 radical (unpaired) electrons. The minimum absolute atomic E-state index is 0.0389. The van der Waals surface area contributed by atoms with E-state index >= 15 is 0 Å². The first-order valence-electron chi connectivity index (χ1n) is 8.26. The smallest absolute Gasteiger partial charge is 0.326 e. The molecule has 1 amide bonds. The highest BCUT2D eigenvalue weighted by molar-refractivity contribution is 7.16. The lowest BCUT2D eigenvalue weighted by Gasteiger charge is -2.05. The average molecular weight is 388 g/mol. The molecule has 1 heterocycles. The quantitative estimate of drug-likeness (QED) is 0.609. The van der Waals surface area contributed by atoms with Crippen molar-refractivity contribution in [1.29, 1.82) is 0 Å². The van der Waals surface area contributed by atoms with E-state index in [1.807, 2.05) is 24.3 Å². The van der Waals surface area contributed by atoms with E-state index < -0.39 is 11.9 Å². The summed E-state index contributed by atoms with van der Waals surface area (Å²) in [7, 11) is 0. The Bertz CT molecular complexity index is 1020. The van der Waals surface area contributed by atoms with Crippen LogP contribution in [0.1, 0.15) is 6.92 Å². The summed E-state index contributed by atoms with van der Waals surface area (Å²) in [5, 5.41) is 0. The second-order valence-electron chi connectivity index (χ2n) is 5.49. The zero-order valence-electron chi connectivity index (χ0n) is 14.6. The molecule has 0 fully saturated rings. The van der Waals surface area contributed by atoms with Gasteiger partial charge in [0.1, 0.15) is 18.1 Å². The normalized spacial score (nSPS) is 11.6. The third kappa shape index (κ3) is 4.79. The standard InChI is InChI=1S/C19H17FN2O4S/c1-2-25-18(24)11-22-15-5-3-4-6-16(15)27-19(22)21-17(23)12-26-14-9-7-13(20)8-10-14/h3-10H,2,11-12H2,1H3. The number of esters is 1. The van der Waals surface area contributed by atoms with Crippen LogP contribution in [0.25, 0.3) is 10.2 Å². The number of amides is 1. The number of para-hydroxylation sites is 1. The van der Waals surface area contributed by atoms with Crippen molar-refractivity contribution >= 4 is 33.4 Å². The van der Waals surface area contributed by atoms with E-state index in [-0.39, 0.29) is 25.6 Å². The van der Waals surface area contributed by atoms with Crippen molar-refractivity contribution in [3.05, 3.63) is 59.1 Å². The number of carbonyl (C=O) groups is 2. The molecule has 2 aromatic carbocycles. The van der Waals surface area contributed by atoms with Crippen LogP contribution in [-0.2, 0) is 20.9 Å². The molecule has 0 unspecified atom stereocenters. The first-order chi connectivity index (χ1) is 13.1. The number of carbonyl (C=O) groups excluding carboxylic acids is 2. The zero-order valence-corrected chi connectivity index (χ0v) is 15.4. The maximum Gasteiger partial charge on any atom is 0.326 e. The molecule has 0 bridgehead atoms. The molecular weight excluding hydrogens is 371 g/mol. The molecule has 0 atom stereocenters. The number of rotatable bonds is 6. The maximum atomic E-state index is 12.9. The number of hydrogen-bond donors (Lipinski definition) is 0. The number of nitrogens with zero attached hydrogens (tertiary/aromatic N) is 2. The summed E-state index contributed by atoms with van der Waals surface area (Å²) >= 11 is 1.30. The Morgan fingerprint density at radius 2 is 1.89 bits per heavy atom. The monoisotopic (exact) mass is 388 g/mol. The van der Waals surface area contributed by atoms with Gasteiger partial charge in [0.15, 0.2) is 11.4 Å². The Hall–Kier alpha value is -3.00. The van der Waals surface area contributed by atoms with E-state index in [2.05, 4.69) is 4.99 Å². The Morgan fingerprint density at radius 3 is 2.63 bits per heavy atom. The zero-order chi connectivity index (χ0) is 19.2. The molecule has 3 rings (SSSR count). The predicted octanol–water partition coefficient (Wildman–Crippen LogP) is 2.91. The third-order valence-electron chi connectivity index (χ3n) is 3.58. The van der Waals surface area contributed by atoms with Gasteiger partial charge in [-0.1, -0.05) is 23.5 Å². The molecule has 0 aliphatic rings. The van der Waals surface area contributed by atoms with E-state index in [1.54, 1.807) is 11.5 Å². The van der Waals surface area contributed by atoms with Crippen molar-refractivity contribution in [2.24, 2.45) is 4.99 Å². The van der Waals surface area contributed by atoms with Crippen LogP contribution >= 0.6 is 11.3 Å².